The van der Waals surface area contributed by atoms with E-state index in [4.69, 9.17) is 0 Å². The first-order chi connectivity index (χ1) is 10.9. The van der Waals surface area contributed by atoms with Crippen molar-refractivity contribution in [1.29, 1.82) is 0 Å². The number of benzene rings is 1. The Morgan fingerprint density at radius 3 is 2.59 bits per heavy atom. The van der Waals surface area contributed by atoms with Crippen LogP contribution in [0.1, 0.15) is 0 Å². The van der Waals surface area contributed by atoms with Crippen LogP contribution in [0.4, 0.5) is 0 Å². The molecule has 5 nitrogen and oxygen atoms in total. The SMILES string of the molecule is c1ccc(-n2nnc(-c3cncc(-c4cccs4)c3)n2)cc1. The maximum atomic E-state index is 4.43. The first-order valence-corrected chi connectivity index (χ1v) is 7.63. The molecule has 0 amide bonds. The molecule has 3 aromatic heterocycles. The lowest BCUT2D eigenvalue weighted by molar-refractivity contribution is 0.720. The molecular weight excluding hydrogens is 294 g/mol. The summed E-state index contributed by atoms with van der Waals surface area (Å²) in [7, 11) is 0. The van der Waals surface area contributed by atoms with Gasteiger partial charge in [-0.3, -0.25) is 4.98 Å². The van der Waals surface area contributed by atoms with Crippen LogP contribution in [-0.2, 0) is 0 Å². The second-order valence-corrected chi connectivity index (χ2v) is 5.63. The molecule has 0 radical (unpaired) electrons. The van der Waals surface area contributed by atoms with E-state index in [9.17, 15) is 0 Å². The Labute approximate surface area is 130 Å². The zero-order chi connectivity index (χ0) is 14.8. The van der Waals surface area contributed by atoms with Crippen LogP contribution in [0.2, 0.25) is 0 Å². The van der Waals surface area contributed by atoms with E-state index in [0.717, 1.165) is 16.8 Å². The standard InChI is InChI=1S/C16H11N5S/c1-2-5-14(6-3-1)21-19-16(18-20-21)13-9-12(10-17-11-13)15-7-4-8-22-15/h1-11H. The van der Waals surface area contributed by atoms with Gasteiger partial charge in [-0.1, -0.05) is 24.3 Å². The molecule has 1 aromatic carbocycles. The average Bonchev–Trinajstić information content (AvgIpc) is 3.28. The van der Waals surface area contributed by atoms with Crippen LogP contribution < -0.4 is 0 Å². The second kappa shape index (κ2) is 5.50. The van der Waals surface area contributed by atoms with Crippen molar-refractivity contribution in [3.63, 3.8) is 0 Å². The van der Waals surface area contributed by atoms with Gasteiger partial charge < -0.3 is 0 Å². The zero-order valence-corrected chi connectivity index (χ0v) is 12.3. The van der Waals surface area contributed by atoms with Gasteiger partial charge in [-0.25, -0.2) is 0 Å². The van der Waals surface area contributed by atoms with Gasteiger partial charge in [0.25, 0.3) is 0 Å². The lowest BCUT2D eigenvalue weighted by Gasteiger charge is -1.99. The summed E-state index contributed by atoms with van der Waals surface area (Å²) in [5.74, 6) is 0.565. The topological polar surface area (TPSA) is 56.5 Å². The number of nitrogens with zero attached hydrogens (tertiary/aromatic N) is 5. The highest BCUT2D eigenvalue weighted by atomic mass is 32.1. The number of tetrazole rings is 1. The summed E-state index contributed by atoms with van der Waals surface area (Å²) in [6.07, 6.45) is 3.60. The van der Waals surface area contributed by atoms with Crippen molar-refractivity contribution in [2.24, 2.45) is 0 Å². The number of hydrogen-bond acceptors (Lipinski definition) is 5. The molecule has 0 aliphatic heterocycles. The maximum Gasteiger partial charge on any atom is 0.206 e. The molecule has 4 aromatic rings. The first kappa shape index (κ1) is 12.8. The number of rotatable bonds is 3. The van der Waals surface area contributed by atoms with Gasteiger partial charge in [-0.05, 0) is 34.9 Å². The fraction of sp³-hybridized carbons (Fsp3) is 0. The molecule has 0 unspecified atom stereocenters. The zero-order valence-electron chi connectivity index (χ0n) is 11.5. The van der Waals surface area contributed by atoms with E-state index in [1.807, 2.05) is 54.0 Å². The van der Waals surface area contributed by atoms with E-state index >= 15 is 0 Å². The minimum Gasteiger partial charge on any atom is -0.263 e. The molecule has 0 atom stereocenters. The van der Waals surface area contributed by atoms with Crippen LogP contribution >= 0.6 is 11.3 Å². The van der Waals surface area contributed by atoms with Crippen LogP contribution in [0, 0.1) is 0 Å². The number of hydrogen-bond donors (Lipinski definition) is 0. The van der Waals surface area contributed by atoms with Crippen molar-refractivity contribution in [2.75, 3.05) is 0 Å². The molecule has 0 N–H and O–H groups in total. The Bertz CT molecular complexity index is 884. The molecular formula is C16H11N5S. The monoisotopic (exact) mass is 305 g/mol. The van der Waals surface area contributed by atoms with Crippen molar-refractivity contribution < 1.29 is 0 Å². The van der Waals surface area contributed by atoms with Crippen molar-refractivity contribution in [3.05, 3.63) is 66.3 Å². The molecule has 0 bridgehead atoms. The van der Waals surface area contributed by atoms with E-state index < -0.39 is 0 Å². The molecule has 4 rings (SSSR count). The maximum absolute atomic E-state index is 4.43. The number of pyridine rings is 1. The van der Waals surface area contributed by atoms with Gasteiger partial charge in [-0.15, -0.1) is 26.3 Å². The van der Waals surface area contributed by atoms with Gasteiger partial charge in [-0.2, -0.15) is 0 Å². The Morgan fingerprint density at radius 1 is 0.909 bits per heavy atom. The lowest BCUT2D eigenvalue weighted by Crippen LogP contribution is -1.98. The smallest absolute Gasteiger partial charge is 0.206 e. The summed E-state index contributed by atoms with van der Waals surface area (Å²) >= 11 is 1.68. The van der Waals surface area contributed by atoms with Gasteiger partial charge in [0.2, 0.25) is 5.82 Å². The van der Waals surface area contributed by atoms with E-state index in [2.05, 4.69) is 26.5 Å². The van der Waals surface area contributed by atoms with E-state index in [-0.39, 0.29) is 0 Å². The summed E-state index contributed by atoms with van der Waals surface area (Å²) in [5.41, 5.74) is 2.79. The van der Waals surface area contributed by atoms with Gasteiger partial charge in [0, 0.05) is 28.4 Å². The van der Waals surface area contributed by atoms with Crippen molar-refractivity contribution in [3.8, 4) is 27.5 Å². The third-order valence-corrected chi connectivity index (χ3v) is 4.12. The molecule has 0 aliphatic rings. The highest BCUT2D eigenvalue weighted by Crippen LogP contribution is 2.26. The molecule has 0 aliphatic carbocycles. The molecule has 0 saturated carbocycles. The molecule has 0 saturated heterocycles. The Kier molecular flexibility index (Phi) is 3.21. The molecule has 0 spiro atoms. The van der Waals surface area contributed by atoms with Gasteiger partial charge >= 0.3 is 0 Å². The predicted octanol–water partition coefficient (Wildman–Crippen LogP) is 3.45. The summed E-state index contributed by atoms with van der Waals surface area (Å²) in [4.78, 5) is 6.98. The predicted molar refractivity (Wildman–Crippen MR) is 85.7 cm³/mol. The third kappa shape index (κ3) is 2.40. The summed E-state index contributed by atoms with van der Waals surface area (Å²) < 4.78 is 0. The second-order valence-electron chi connectivity index (χ2n) is 4.68. The highest BCUT2D eigenvalue weighted by Gasteiger charge is 2.09. The van der Waals surface area contributed by atoms with Crippen LogP contribution in [0.25, 0.3) is 27.5 Å². The molecule has 0 fully saturated rings. The van der Waals surface area contributed by atoms with Crippen molar-refractivity contribution in [2.45, 2.75) is 0 Å². The molecule has 106 valence electrons. The fourth-order valence-corrected chi connectivity index (χ4v) is 2.85. The van der Waals surface area contributed by atoms with Gasteiger partial charge in [0.05, 0.1) is 5.69 Å². The third-order valence-electron chi connectivity index (χ3n) is 3.20. The fourth-order valence-electron chi connectivity index (χ4n) is 2.14. The number of para-hydroxylation sites is 1. The van der Waals surface area contributed by atoms with Crippen LogP contribution in [0.15, 0.2) is 66.3 Å². The Morgan fingerprint density at radius 2 is 1.77 bits per heavy atom. The van der Waals surface area contributed by atoms with E-state index in [1.165, 1.54) is 9.67 Å². The van der Waals surface area contributed by atoms with Gasteiger partial charge in [0.15, 0.2) is 0 Å². The quantitative estimate of drug-likeness (QED) is 0.581. The van der Waals surface area contributed by atoms with Crippen LogP contribution in [0.3, 0.4) is 0 Å². The minimum atomic E-state index is 0.565. The first-order valence-electron chi connectivity index (χ1n) is 6.75. The largest absolute Gasteiger partial charge is 0.263 e. The van der Waals surface area contributed by atoms with Crippen LogP contribution in [0.5, 0.6) is 0 Å². The summed E-state index contributed by atoms with van der Waals surface area (Å²) in [5, 5.41) is 14.7. The highest BCUT2D eigenvalue weighted by molar-refractivity contribution is 7.13. The summed E-state index contributed by atoms with van der Waals surface area (Å²) in [6.45, 7) is 0. The Hall–Kier alpha value is -2.86. The number of aromatic nitrogens is 5. The van der Waals surface area contributed by atoms with Crippen molar-refractivity contribution >= 4 is 11.3 Å². The average molecular weight is 305 g/mol. The lowest BCUT2D eigenvalue weighted by atomic mass is 10.2. The van der Waals surface area contributed by atoms with E-state index in [0.29, 0.717) is 5.82 Å². The summed E-state index contributed by atoms with van der Waals surface area (Å²) in [6, 6.07) is 15.8. The van der Waals surface area contributed by atoms with E-state index in [1.54, 1.807) is 17.5 Å². The number of thiophene rings is 1. The van der Waals surface area contributed by atoms with Gasteiger partial charge in [0.1, 0.15) is 0 Å². The molecule has 22 heavy (non-hydrogen) atoms. The van der Waals surface area contributed by atoms with Crippen molar-refractivity contribution in [1.82, 2.24) is 25.2 Å². The molecule has 3 heterocycles. The molecule has 6 heteroatoms. The van der Waals surface area contributed by atoms with Crippen LogP contribution in [-0.4, -0.2) is 25.2 Å². The normalized spacial score (nSPS) is 10.7. The Balaban J connectivity index is 1.71. The minimum absolute atomic E-state index is 0.565.